The van der Waals surface area contributed by atoms with E-state index in [0.717, 1.165) is 31.6 Å². The molecule has 24 heavy (non-hydrogen) atoms. The van der Waals surface area contributed by atoms with E-state index in [1.807, 2.05) is 24.3 Å². The molecule has 1 aromatic heterocycles. The summed E-state index contributed by atoms with van der Waals surface area (Å²) in [5.41, 5.74) is 2.11. The average Bonchev–Trinajstić information content (AvgIpc) is 2.59. The van der Waals surface area contributed by atoms with Crippen LogP contribution in [0.3, 0.4) is 0 Å². The zero-order valence-corrected chi connectivity index (χ0v) is 14.4. The lowest BCUT2D eigenvalue weighted by atomic mass is 10.1. The number of carbonyl (C=O) groups is 1. The normalized spacial score (nSPS) is 15.4. The number of nitrogens with zero attached hydrogens (tertiary/aromatic N) is 2. The van der Waals surface area contributed by atoms with Gasteiger partial charge in [-0.1, -0.05) is 23.2 Å². The van der Waals surface area contributed by atoms with E-state index in [4.69, 9.17) is 23.2 Å². The maximum atomic E-state index is 12.2. The number of aliphatic hydroxyl groups excluding tert-OH is 1. The molecule has 2 N–H and O–H groups in total. The Hall–Kier alpha value is -1.82. The number of hydrogen-bond acceptors (Lipinski definition) is 4. The van der Waals surface area contributed by atoms with E-state index in [1.54, 1.807) is 0 Å². The fourth-order valence-corrected chi connectivity index (χ4v) is 2.90. The average molecular weight is 366 g/mol. The van der Waals surface area contributed by atoms with E-state index in [-0.39, 0.29) is 22.2 Å². The van der Waals surface area contributed by atoms with Gasteiger partial charge in [-0.05, 0) is 43.2 Å². The van der Waals surface area contributed by atoms with Crippen molar-refractivity contribution in [3.63, 3.8) is 0 Å². The minimum Gasteiger partial charge on any atom is -0.393 e. The number of aromatic nitrogens is 1. The summed E-state index contributed by atoms with van der Waals surface area (Å²) in [5.74, 6) is -0.296. The van der Waals surface area contributed by atoms with Crippen molar-refractivity contribution in [3.05, 3.63) is 52.3 Å². The van der Waals surface area contributed by atoms with Gasteiger partial charge in [0.05, 0.1) is 16.7 Å². The molecule has 3 rings (SSSR count). The Balaban J connectivity index is 1.65. The van der Waals surface area contributed by atoms with Crippen molar-refractivity contribution in [1.29, 1.82) is 0 Å². The molecule has 0 radical (unpaired) electrons. The Morgan fingerprint density at radius 1 is 1.21 bits per heavy atom. The van der Waals surface area contributed by atoms with Crippen LogP contribution in [-0.2, 0) is 0 Å². The molecule has 1 aliphatic rings. The van der Waals surface area contributed by atoms with Crippen molar-refractivity contribution in [1.82, 2.24) is 4.98 Å². The van der Waals surface area contributed by atoms with Gasteiger partial charge in [-0.15, -0.1) is 0 Å². The van der Waals surface area contributed by atoms with Gasteiger partial charge in [0.2, 0.25) is 0 Å². The summed E-state index contributed by atoms with van der Waals surface area (Å²) in [5, 5.41) is 12.8. The number of amides is 1. The Morgan fingerprint density at radius 2 is 1.88 bits per heavy atom. The van der Waals surface area contributed by atoms with E-state index in [1.165, 1.54) is 12.3 Å². The summed E-state index contributed by atoms with van der Waals surface area (Å²) >= 11 is 11.6. The predicted molar refractivity (Wildman–Crippen MR) is 96.1 cm³/mol. The van der Waals surface area contributed by atoms with Gasteiger partial charge in [-0.25, -0.2) is 4.98 Å². The molecule has 1 amide bonds. The van der Waals surface area contributed by atoms with Gasteiger partial charge in [-0.3, -0.25) is 4.79 Å². The minimum absolute atomic E-state index is 0.171. The molecule has 0 atom stereocenters. The van der Waals surface area contributed by atoms with Crippen LogP contribution in [0.2, 0.25) is 10.2 Å². The van der Waals surface area contributed by atoms with Gasteiger partial charge >= 0.3 is 0 Å². The van der Waals surface area contributed by atoms with Crippen molar-refractivity contribution >= 4 is 40.5 Å². The number of hydrogen-bond donors (Lipinski definition) is 2. The molecule has 0 unspecified atom stereocenters. The summed E-state index contributed by atoms with van der Waals surface area (Å²) in [6.45, 7) is 1.67. The van der Waals surface area contributed by atoms with Crippen LogP contribution in [-0.4, -0.2) is 35.2 Å². The number of piperidine rings is 1. The lowest BCUT2D eigenvalue weighted by Gasteiger charge is -2.31. The van der Waals surface area contributed by atoms with Crippen molar-refractivity contribution in [2.45, 2.75) is 18.9 Å². The van der Waals surface area contributed by atoms with Gasteiger partial charge in [-0.2, -0.15) is 0 Å². The van der Waals surface area contributed by atoms with Gasteiger partial charge in [0.25, 0.3) is 5.91 Å². The number of pyridine rings is 1. The summed E-state index contributed by atoms with van der Waals surface area (Å²) in [6.07, 6.45) is 2.75. The van der Waals surface area contributed by atoms with Crippen LogP contribution in [0.15, 0.2) is 36.5 Å². The quantitative estimate of drug-likeness (QED) is 0.815. The number of benzene rings is 1. The highest BCUT2D eigenvalue weighted by molar-refractivity contribution is 6.41. The maximum absolute atomic E-state index is 12.2. The molecule has 2 heterocycles. The van der Waals surface area contributed by atoms with E-state index in [2.05, 4.69) is 15.2 Å². The Kier molecular flexibility index (Phi) is 5.23. The third-order valence-corrected chi connectivity index (χ3v) is 4.70. The number of anilines is 2. The van der Waals surface area contributed by atoms with Crippen molar-refractivity contribution in [2.24, 2.45) is 0 Å². The summed E-state index contributed by atoms with van der Waals surface area (Å²) in [4.78, 5) is 18.3. The van der Waals surface area contributed by atoms with Gasteiger partial charge in [0.1, 0.15) is 5.15 Å². The second-order valence-electron chi connectivity index (χ2n) is 5.72. The Morgan fingerprint density at radius 3 is 2.50 bits per heavy atom. The summed E-state index contributed by atoms with van der Waals surface area (Å²) in [7, 11) is 0. The fraction of sp³-hybridized carbons (Fsp3) is 0.294. The van der Waals surface area contributed by atoms with Crippen molar-refractivity contribution < 1.29 is 9.90 Å². The Bertz CT molecular complexity index is 729. The fourth-order valence-electron chi connectivity index (χ4n) is 2.63. The van der Waals surface area contributed by atoms with Crippen LogP contribution in [0, 0.1) is 0 Å². The van der Waals surface area contributed by atoms with Crippen molar-refractivity contribution in [3.8, 4) is 0 Å². The zero-order valence-electron chi connectivity index (χ0n) is 12.9. The summed E-state index contributed by atoms with van der Waals surface area (Å²) in [6, 6.07) is 9.10. The molecule has 1 saturated heterocycles. The second kappa shape index (κ2) is 7.38. The van der Waals surface area contributed by atoms with E-state index in [0.29, 0.717) is 11.3 Å². The molecule has 5 nitrogen and oxygen atoms in total. The van der Waals surface area contributed by atoms with Crippen LogP contribution < -0.4 is 10.2 Å². The van der Waals surface area contributed by atoms with Gasteiger partial charge in [0, 0.05) is 30.7 Å². The largest absolute Gasteiger partial charge is 0.393 e. The third kappa shape index (κ3) is 3.98. The number of carbonyl (C=O) groups excluding carboxylic acids is 1. The molecule has 1 aliphatic heterocycles. The van der Waals surface area contributed by atoms with Gasteiger partial charge < -0.3 is 15.3 Å². The molecule has 2 aromatic rings. The van der Waals surface area contributed by atoms with Crippen LogP contribution in [0.1, 0.15) is 23.2 Å². The van der Waals surface area contributed by atoms with Crippen LogP contribution in [0.5, 0.6) is 0 Å². The highest BCUT2D eigenvalue weighted by Gasteiger charge is 2.17. The van der Waals surface area contributed by atoms with E-state index >= 15 is 0 Å². The lowest BCUT2D eigenvalue weighted by molar-refractivity contribution is 0.102. The number of rotatable bonds is 3. The van der Waals surface area contributed by atoms with Crippen LogP contribution >= 0.6 is 23.2 Å². The third-order valence-electron chi connectivity index (χ3n) is 4.01. The first-order chi connectivity index (χ1) is 11.5. The molecule has 0 saturated carbocycles. The van der Waals surface area contributed by atoms with Crippen LogP contribution in [0.4, 0.5) is 11.4 Å². The molecule has 126 valence electrons. The second-order valence-corrected chi connectivity index (χ2v) is 6.48. The monoisotopic (exact) mass is 365 g/mol. The number of nitrogens with one attached hydrogen (secondary N) is 1. The first kappa shape index (κ1) is 17.0. The molecule has 7 heteroatoms. The number of aliphatic hydroxyl groups is 1. The topological polar surface area (TPSA) is 65.5 Å². The first-order valence-electron chi connectivity index (χ1n) is 7.68. The smallest absolute Gasteiger partial charge is 0.257 e. The minimum atomic E-state index is -0.296. The highest BCUT2D eigenvalue weighted by atomic mass is 35.5. The molecule has 0 aliphatic carbocycles. The molecular formula is C17H17Cl2N3O2. The molecule has 0 spiro atoms. The zero-order chi connectivity index (χ0) is 17.1. The van der Waals surface area contributed by atoms with E-state index < -0.39 is 0 Å². The molecule has 1 fully saturated rings. The maximum Gasteiger partial charge on any atom is 0.257 e. The van der Waals surface area contributed by atoms with Crippen molar-refractivity contribution in [2.75, 3.05) is 23.3 Å². The van der Waals surface area contributed by atoms with Crippen LogP contribution in [0.25, 0.3) is 0 Å². The van der Waals surface area contributed by atoms with E-state index in [9.17, 15) is 9.90 Å². The molecular weight excluding hydrogens is 349 g/mol. The van der Waals surface area contributed by atoms with Gasteiger partial charge in [0.15, 0.2) is 0 Å². The Labute approximate surface area is 150 Å². The first-order valence-corrected chi connectivity index (χ1v) is 8.44. The molecule has 1 aromatic carbocycles. The predicted octanol–water partition coefficient (Wildman–Crippen LogP) is 3.60. The summed E-state index contributed by atoms with van der Waals surface area (Å²) < 4.78 is 0. The molecule has 0 bridgehead atoms. The standard InChI is InChI=1S/C17H17Cl2N3O2/c18-15-9-11(10-20-16(15)19)17(24)21-12-1-3-13(4-2-12)22-7-5-14(23)6-8-22/h1-4,9-10,14,23H,5-8H2,(H,21,24). The highest BCUT2D eigenvalue weighted by Crippen LogP contribution is 2.23. The SMILES string of the molecule is O=C(Nc1ccc(N2CCC(O)CC2)cc1)c1cnc(Cl)c(Cl)c1. The lowest BCUT2D eigenvalue weighted by Crippen LogP contribution is -2.35. The number of halogens is 2.